The standard InChI is InChI=1S/C23H20Cl2N2O4/c1-23(2)11-18-21(19(28)12-23)15(13-5-3-6-14(9-13)27(30)31)10-20(29)26(18)17-8-4-7-16(24)22(17)25/h3-9,15H,10-12H2,1-2H3. The summed E-state index contributed by atoms with van der Waals surface area (Å²) in [6, 6.07) is 11.2. The fourth-order valence-electron chi connectivity index (χ4n) is 4.50. The van der Waals surface area contributed by atoms with Crippen molar-refractivity contribution >= 4 is 46.3 Å². The highest BCUT2D eigenvalue weighted by molar-refractivity contribution is 6.44. The highest BCUT2D eigenvalue weighted by atomic mass is 35.5. The Morgan fingerprint density at radius 3 is 2.52 bits per heavy atom. The van der Waals surface area contributed by atoms with Crippen molar-refractivity contribution in [2.45, 2.75) is 39.0 Å². The fourth-order valence-corrected chi connectivity index (χ4v) is 4.88. The van der Waals surface area contributed by atoms with Crippen LogP contribution in [0.2, 0.25) is 10.0 Å². The molecule has 0 saturated heterocycles. The molecule has 4 rings (SSSR count). The van der Waals surface area contributed by atoms with Gasteiger partial charge in [0.2, 0.25) is 5.91 Å². The Morgan fingerprint density at radius 2 is 1.81 bits per heavy atom. The van der Waals surface area contributed by atoms with E-state index < -0.39 is 10.8 Å². The number of Topliss-reactive ketones (excluding diaryl/α,β-unsaturated/α-hetero) is 1. The minimum absolute atomic E-state index is 0.00894. The average molecular weight is 459 g/mol. The number of carbonyl (C=O) groups excluding carboxylic acids is 2. The van der Waals surface area contributed by atoms with Gasteiger partial charge in [0, 0.05) is 42.2 Å². The molecule has 8 heteroatoms. The molecule has 2 aromatic carbocycles. The van der Waals surface area contributed by atoms with Crippen LogP contribution in [0.1, 0.15) is 44.6 Å². The van der Waals surface area contributed by atoms with Crippen LogP contribution in [0, 0.1) is 15.5 Å². The molecule has 1 atom stereocenters. The Hall–Kier alpha value is -2.70. The average Bonchev–Trinajstić information content (AvgIpc) is 2.69. The fraction of sp³-hybridized carbons (Fsp3) is 0.304. The van der Waals surface area contributed by atoms with Crippen LogP contribution in [0.25, 0.3) is 0 Å². The molecular formula is C23H20Cl2N2O4. The van der Waals surface area contributed by atoms with Gasteiger partial charge < -0.3 is 0 Å². The van der Waals surface area contributed by atoms with Crippen molar-refractivity contribution in [3.8, 4) is 0 Å². The number of ketones is 1. The minimum Gasteiger partial charge on any atom is -0.294 e. The van der Waals surface area contributed by atoms with E-state index in [0.29, 0.717) is 40.4 Å². The Labute approximate surface area is 189 Å². The second-order valence-electron chi connectivity index (χ2n) is 8.71. The van der Waals surface area contributed by atoms with E-state index in [1.165, 1.54) is 17.0 Å². The van der Waals surface area contributed by atoms with E-state index in [0.717, 1.165) is 0 Å². The van der Waals surface area contributed by atoms with Crippen LogP contribution in [-0.4, -0.2) is 16.6 Å². The molecular weight excluding hydrogens is 439 g/mol. The zero-order valence-corrected chi connectivity index (χ0v) is 18.5. The van der Waals surface area contributed by atoms with Crippen molar-refractivity contribution in [3.05, 3.63) is 79.5 Å². The number of anilines is 1. The first kappa shape index (κ1) is 21.5. The third-order valence-electron chi connectivity index (χ3n) is 5.80. The van der Waals surface area contributed by atoms with Gasteiger partial charge >= 0.3 is 0 Å². The Bertz CT molecular complexity index is 1160. The third kappa shape index (κ3) is 3.86. The SMILES string of the molecule is CC1(C)CC(=O)C2=C(C1)N(c1cccc(Cl)c1Cl)C(=O)CC2c1cccc([N+](=O)[O-])c1. The zero-order chi connectivity index (χ0) is 22.5. The number of halogens is 2. The predicted octanol–water partition coefficient (Wildman–Crippen LogP) is 6.07. The number of nitrogens with zero attached hydrogens (tertiary/aromatic N) is 2. The van der Waals surface area contributed by atoms with Crippen LogP contribution in [0.5, 0.6) is 0 Å². The molecule has 0 aromatic heterocycles. The molecule has 31 heavy (non-hydrogen) atoms. The molecule has 0 fully saturated rings. The number of non-ortho nitro benzene ring substituents is 1. The Kier molecular flexibility index (Phi) is 5.40. The van der Waals surface area contributed by atoms with Crippen LogP contribution < -0.4 is 4.90 Å². The minimum atomic E-state index is -0.541. The molecule has 0 saturated carbocycles. The number of benzene rings is 2. The van der Waals surface area contributed by atoms with E-state index in [1.54, 1.807) is 30.3 Å². The van der Waals surface area contributed by atoms with Gasteiger partial charge in [0.15, 0.2) is 5.78 Å². The Balaban J connectivity index is 1.93. The monoisotopic (exact) mass is 458 g/mol. The largest absolute Gasteiger partial charge is 0.294 e. The van der Waals surface area contributed by atoms with E-state index in [-0.39, 0.29) is 34.2 Å². The van der Waals surface area contributed by atoms with Crippen LogP contribution in [-0.2, 0) is 9.59 Å². The number of rotatable bonds is 3. The number of hydrogen-bond acceptors (Lipinski definition) is 4. The molecule has 1 heterocycles. The number of amides is 1. The lowest BCUT2D eigenvalue weighted by atomic mass is 9.69. The number of allylic oxidation sites excluding steroid dienone is 2. The highest BCUT2D eigenvalue weighted by Crippen LogP contribution is 2.49. The molecule has 0 N–H and O–H groups in total. The maximum atomic E-state index is 13.4. The summed E-state index contributed by atoms with van der Waals surface area (Å²) in [4.78, 5) is 39.0. The molecule has 160 valence electrons. The summed E-state index contributed by atoms with van der Waals surface area (Å²) in [5.74, 6) is -0.830. The number of hydrogen-bond donors (Lipinski definition) is 0. The number of nitro groups is 1. The third-order valence-corrected chi connectivity index (χ3v) is 6.61. The molecule has 1 aliphatic carbocycles. The second kappa shape index (κ2) is 7.77. The van der Waals surface area contributed by atoms with E-state index >= 15 is 0 Å². The number of carbonyl (C=O) groups is 2. The summed E-state index contributed by atoms with van der Waals surface area (Å²) in [7, 11) is 0. The van der Waals surface area contributed by atoms with Gasteiger partial charge in [-0.15, -0.1) is 0 Å². The van der Waals surface area contributed by atoms with Gasteiger partial charge in [0.1, 0.15) is 0 Å². The summed E-state index contributed by atoms with van der Waals surface area (Å²) in [6.45, 7) is 3.96. The lowest BCUT2D eigenvalue weighted by Gasteiger charge is -2.43. The van der Waals surface area contributed by atoms with Crippen molar-refractivity contribution in [2.24, 2.45) is 5.41 Å². The topological polar surface area (TPSA) is 80.5 Å². The molecule has 2 aliphatic rings. The number of nitro benzene ring substituents is 1. The van der Waals surface area contributed by atoms with Gasteiger partial charge in [0.25, 0.3) is 5.69 Å². The lowest BCUT2D eigenvalue weighted by Crippen LogP contribution is -2.43. The quantitative estimate of drug-likeness (QED) is 0.413. The van der Waals surface area contributed by atoms with Gasteiger partial charge in [-0.25, -0.2) is 0 Å². The lowest BCUT2D eigenvalue weighted by molar-refractivity contribution is -0.384. The first-order valence-corrected chi connectivity index (χ1v) is 10.6. The van der Waals surface area contributed by atoms with Crippen LogP contribution in [0.3, 0.4) is 0 Å². The second-order valence-corrected chi connectivity index (χ2v) is 9.50. The van der Waals surface area contributed by atoms with E-state index in [2.05, 4.69) is 0 Å². The first-order chi connectivity index (χ1) is 14.6. The van der Waals surface area contributed by atoms with Gasteiger partial charge in [0.05, 0.1) is 20.7 Å². The van der Waals surface area contributed by atoms with Crippen molar-refractivity contribution in [1.29, 1.82) is 0 Å². The summed E-state index contributed by atoms with van der Waals surface area (Å²) < 4.78 is 0. The summed E-state index contributed by atoms with van der Waals surface area (Å²) in [6.07, 6.45) is 0.839. The molecule has 0 radical (unpaired) electrons. The van der Waals surface area contributed by atoms with Gasteiger partial charge in [-0.3, -0.25) is 24.6 Å². The molecule has 1 amide bonds. The molecule has 6 nitrogen and oxygen atoms in total. The van der Waals surface area contributed by atoms with Crippen molar-refractivity contribution in [3.63, 3.8) is 0 Å². The molecule has 1 aliphatic heterocycles. The van der Waals surface area contributed by atoms with E-state index in [1.807, 2.05) is 13.8 Å². The van der Waals surface area contributed by atoms with E-state index in [4.69, 9.17) is 23.2 Å². The summed E-state index contributed by atoms with van der Waals surface area (Å²) >= 11 is 12.6. The van der Waals surface area contributed by atoms with Crippen molar-refractivity contribution in [2.75, 3.05) is 4.90 Å². The summed E-state index contributed by atoms with van der Waals surface area (Å²) in [5, 5.41) is 11.8. The normalized spacial score (nSPS) is 20.6. The van der Waals surface area contributed by atoms with Crippen LogP contribution in [0.15, 0.2) is 53.7 Å². The predicted molar refractivity (Wildman–Crippen MR) is 119 cm³/mol. The molecule has 0 bridgehead atoms. The highest BCUT2D eigenvalue weighted by Gasteiger charge is 2.45. The summed E-state index contributed by atoms with van der Waals surface area (Å²) in [5.41, 5.74) is 1.73. The van der Waals surface area contributed by atoms with E-state index in [9.17, 15) is 19.7 Å². The first-order valence-electron chi connectivity index (χ1n) is 9.86. The molecule has 2 aromatic rings. The smallest absolute Gasteiger partial charge is 0.269 e. The van der Waals surface area contributed by atoms with Crippen LogP contribution in [0.4, 0.5) is 11.4 Å². The zero-order valence-electron chi connectivity index (χ0n) is 17.0. The Morgan fingerprint density at radius 1 is 1.10 bits per heavy atom. The molecule has 0 spiro atoms. The maximum Gasteiger partial charge on any atom is 0.269 e. The van der Waals surface area contributed by atoms with Crippen LogP contribution >= 0.6 is 23.2 Å². The molecule has 1 unspecified atom stereocenters. The van der Waals surface area contributed by atoms with Gasteiger partial charge in [-0.05, 0) is 29.5 Å². The van der Waals surface area contributed by atoms with Gasteiger partial charge in [-0.2, -0.15) is 0 Å². The van der Waals surface area contributed by atoms with Crippen molar-refractivity contribution < 1.29 is 14.5 Å². The van der Waals surface area contributed by atoms with Crippen molar-refractivity contribution in [1.82, 2.24) is 0 Å². The van der Waals surface area contributed by atoms with Gasteiger partial charge in [-0.1, -0.05) is 55.2 Å². The maximum absolute atomic E-state index is 13.4.